The van der Waals surface area contributed by atoms with Crippen molar-refractivity contribution in [3.8, 4) is 0 Å². The van der Waals surface area contributed by atoms with Gasteiger partial charge in [0.05, 0.1) is 12.7 Å². The average molecular weight is 311 g/mol. The second-order valence-electron chi connectivity index (χ2n) is 6.81. The van der Waals surface area contributed by atoms with Crippen molar-refractivity contribution in [1.82, 2.24) is 5.32 Å². The van der Waals surface area contributed by atoms with Crippen LogP contribution >= 0.6 is 0 Å². The van der Waals surface area contributed by atoms with Crippen molar-refractivity contribution in [3.05, 3.63) is 0 Å². The summed E-state index contributed by atoms with van der Waals surface area (Å²) in [5.74, 6) is 1.09. The molecule has 1 aliphatic heterocycles. The highest BCUT2D eigenvalue weighted by Crippen LogP contribution is 2.27. The highest BCUT2D eigenvalue weighted by Gasteiger charge is 2.15. The molecule has 1 atom stereocenters. The van der Waals surface area contributed by atoms with Crippen molar-refractivity contribution in [2.24, 2.45) is 5.92 Å². The number of hydrogen-bond donors (Lipinski definition) is 1. The fourth-order valence-corrected chi connectivity index (χ4v) is 3.51. The third-order valence-electron chi connectivity index (χ3n) is 4.86. The number of hydrogen-bond acceptors (Lipinski definition) is 3. The van der Waals surface area contributed by atoms with Crippen LogP contribution in [-0.4, -0.2) is 38.4 Å². The zero-order chi connectivity index (χ0) is 15.5. The third kappa shape index (κ3) is 7.59. The lowest BCUT2D eigenvalue weighted by Crippen LogP contribution is -2.25. The van der Waals surface area contributed by atoms with Crippen LogP contribution in [0.25, 0.3) is 0 Å². The first-order chi connectivity index (χ1) is 10.8. The van der Waals surface area contributed by atoms with Crippen molar-refractivity contribution >= 4 is 5.91 Å². The van der Waals surface area contributed by atoms with Crippen LogP contribution in [0.5, 0.6) is 0 Å². The molecule has 1 N–H and O–H groups in total. The van der Waals surface area contributed by atoms with Gasteiger partial charge in [0.15, 0.2) is 0 Å². The Morgan fingerprint density at radius 1 is 1.09 bits per heavy atom. The Bertz CT molecular complexity index is 297. The molecule has 0 radical (unpaired) electrons. The second kappa shape index (κ2) is 11.0. The first-order valence-electron chi connectivity index (χ1n) is 9.30. The molecule has 1 saturated heterocycles. The Morgan fingerprint density at radius 3 is 2.73 bits per heavy atom. The van der Waals surface area contributed by atoms with Crippen molar-refractivity contribution in [3.63, 3.8) is 0 Å². The van der Waals surface area contributed by atoms with Gasteiger partial charge in [0.2, 0.25) is 5.91 Å². The van der Waals surface area contributed by atoms with Crippen molar-refractivity contribution in [2.75, 3.05) is 26.4 Å². The Kier molecular flexibility index (Phi) is 8.88. The zero-order valence-electron chi connectivity index (χ0n) is 14.0. The second-order valence-corrected chi connectivity index (χ2v) is 6.81. The van der Waals surface area contributed by atoms with E-state index in [1.54, 1.807) is 0 Å². The lowest BCUT2D eigenvalue weighted by Gasteiger charge is -2.21. The van der Waals surface area contributed by atoms with Crippen molar-refractivity contribution in [1.29, 1.82) is 0 Å². The largest absolute Gasteiger partial charge is 0.379 e. The maximum absolute atomic E-state index is 11.8. The molecule has 1 saturated carbocycles. The number of nitrogens with one attached hydrogen (secondary N) is 1. The molecule has 4 heteroatoms. The van der Waals surface area contributed by atoms with Crippen LogP contribution in [0.2, 0.25) is 0 Å². The van der Waals surface area contributed by atoms with Gasteiger partial charge in [0.1, 0.15) is 0 Å². The summed E-state index contributed by atoms with van der Waals surface area (Å²) >= 11 is 0. The minimum absolute atomic E-state index is 0.204. The van der Waals surface area contributed by atoms with E-state index in [0.717, 1.165) is 44.8 Å². The van der Waals surface area contributed by atoms with E-state index in [9.17, 15) is 4.79 Å². The fraction of sp³-hybridized carbons (Fsp3) is 0.944. The Balaban J connectivity index is 1.36. The summed E-state index contributed by atoms with van der Waals surface area (Å²) in [4.78, 5) is 11.8. The van der Waals surface area contributed by atoms with E-state index in [4.69, 9.17) is 9.47 Å². The molecule has 2 fully saturated rings. The number of carbonyl (C=O) groups is 1. The molecule has 2 rings (SSSR count). The molecule has 0 aromatic heterocycles. The van der Waals surface area contributed by atoms with E-state index < -0.39 is 0 Å². The minimum atomic E-state index is 0.204. The highest BCUT2D eigenvalue weighted by molar-refractivity contribution is 5.75. The predicted octanol–water partition coefficient (Wildman–Crippen LogP) is 3.44. The maximum atomic E-state index is 11.8. The molecule has 2 aliphatic rings. The third-order valence-corrected chi connectivity index (χ3v) is 4.86. The molecule has 0 bridgehead atoms. The van der Waals surface area contributed by atoms with Gasteiger partial charge in [-0.2, -0.15) is 0 Å². The minimum Gasteiger partial charge on any atom is -0.379 e. The van der Waals surface area contributed by atoms with Crippen LogP contribution in [0.3, 0.4) is 0 Å². The molecule has 1 amide bonds. The molecule has 1 aliphatic carbocycles. The summed E-state index contributed by atoms with van der Waals surface area (Å²) in [5, 5.41) is 3.00. The van der Waals surface area contributed by atoms with E-state index in [1.165, 1.54) is 38.5 Å². The van der Waals surface area contributed by atoms with Gasteiger partial charge in [0.25, 0.3) is 0 Å². The first kappa shape index (κ1) is 17.7. The van der Waals surface area contributed by atoms with Crippen LogP contribution in [0.1, 0.15) is 70.6 Å². The molecule has 128 valence electrons. The van der Waals surface area contributed by atoms with Crippen LogP contribution in [0, 0.1) is 5.92 Å². The molecule has 0 aromatic rings. The molecule has 4 nitrogen and oxygen atoms in total. The van der Waals surface area contributed by atoms with E-state index >= 15 is 0 Å². The molecular formula is C18H33NO3. The molecule has 0 spiro atoms. The smallest absolute Gasteiger partial charge is 0.219 e. The molecule has 1 unspecified atom stereocenters. The number of carbonyl (C=O) groups excluding carboxylic acids is 1. The van der Waals surface area contributed by atoms with E-state index in [0.29, 0.717) is 25.7 Å². The number of ether oxygens (including phenoxy) is 2. The first-order valence-corrected chi connectivity index (χ1v) is 9.30. The number of amides is 1. The topological polar surface area (TPSA) is 47.6 Å². The number of rotatable bonds is 10. The predicted molar refractivity (Wildman–Crippen MR) is 87.8 cm³/mol. The molecule has 1 heterocycles. The standard InChI is InChI=1S/C18H33NO3/c20-18(11-4-9-16-7-2-1-3-8-16)19-12-6-13-21-15-17-10-5-14-22-17/h16-17H,1-15H2,(H,19,20). The Labute approximate surface area is 135 Å². The SMILES string of the molecule is O=C(CCCC1CCCCC1)NCCCOCC1CCCO1. The van der Waals surface area contributed by atoms with Gasteiger partial charge < -0.3 is 14.8 Å². The van der Waals surface area contributed by atoms with Crippen molar-refractivity contribution < 1.29 is 14.3 Å². The fourth-order valence-electron chi connectivity index (χ4n) is 3.51. The molecule has 22 heavy (non-hydrogen) atoms. The van der Waals surface area contributed by atoms with Gasteiger partial charge in [-0.25, -0.2) is 0 Å². The summed E-state index contributed by atoms with van der Waals surface area (Å²) in [6.45, 7) is 3.02. The van der Waals surface area contributed by atoms with Crippen LogP contribution in [0.15, 0.2) is 0 Å². The van der Waals surface area contributed by atoms with Gasteiger partial charge in [-0.15, -0.1) is 0 Å². The highest BCUT2D eigenvalue weighted by atomic mass is 16.5. The van der Waals surface area contributed by atoms with Gasteiger partial charge in [-0.1, -0.05) is 32.1 Å². The van der Waals surface area contributed by atoms with E-state index in [2.05, 4.69) is 5.32 Å². The Morgan fingerprint density at radius 2 is 1.95 bits per heavy atom. The van der Waals surface area contributed by atoms with Gasteiger partial charge in [-0.05, 0) is 38.0 Å². The Hall–Kier alpha value is -0.610. The van der Waals surface area contributed by atoms with Crippen LogP contribution < -0.4 is 5.32 Å². The molecule has 0 aromatic carbocycles. The van der Waals surface area contributed by atoms with Crippen LogP contribution in [0.4, 0.5) is 0 Å². The maximum Gasteiger partial charge on any atom is 0.219 e. The van der Waals surface area contributed by atoms with Gasteiger partial charge in [0, 0.05) is 26.2 Å². The van der Waals surface area contributed by atoms with Crippen molar-refractivity contribution in [2.45, 2.75) is 76.7 Å². The normalized spacial score (nSPS) is 22.8. The van der Waals surface area contributed by atoms with E-state index in [1.807, 2.05) is 0 Å². The average Bonchev–Trinajstić information content (AvgIpc) is 3.05. The van der Waals surface area contributed by atoms with Crippen LogP contribution in [-0.2, 0) is 14.3 Å². The molecular weight excluding hydrogens is 278 g/mol. The summed E-state index contributed by atoms with van der Waals surface area (Å²) in [7, 11) is 0. The lowest BCUT2D eigenvalue weighted by atomic mass is 9.86. The summed E-state index contributed by atoms with van der Waals surface area (Å²) < 4.78 is 11.1. The quantitative estimate of drug-likeness (QED) is 0.629. The lowest BCUT2D eigenvalue weighted by molar-refractivity contribution is -0.121. The summed E-state index contributed by atoms with van der Waals surface area (Å²) in [5.41, 5.74) is 0. The summed E-state index contributed by atoms with van der Waals surface area (Å²) in [6.07, 6.45) is 13.4. The zero-order valence-corrected chi connectivity index (χ0v) is 14.0. The monoisotopic (exact) mass is 311 g/mol. The summed E-state index contributed by atoms with van der Waals surface area (Å²) in [6, 6.07) is 0. The van der Waals surface area contributed by atoms with Gasteiger partial charge >= 0.3 is 0 Å². The van der Waals surface area contributed by atoms with Gasteiger partial charge in [-0.3, -0.25) is 4.79 Å². The van der Waals surface area contributed by atoms with E-state index in [-0.39, 0.29) is 5.91 Å².